The quantitative estimate of drug-likeness (QED) is 0.248. The van der Waals surface area contributed by atoms with Crippen molar-refractivity contribution in [2.24, 2.45) is 5.92 Å². The fraction of sp³-hybridized carbons (Fsp3) is 0.171. The topological polar surface area (TPSA) is 23.6 Å². The third-order valence-electron chi connectivity index (χ3n) is 7.25. The molecule has 5 rings (SSSR count). The number of benzene rings is 4. The molecular weight excluding hydrogens is 464 g/mol. The first kappa shape index (κ1) is 25.3. The van der Waals surface area contributed by atoms with Gasteiger partial charge >= 0.3 is 0 Å². The van der Waals surface area contributed by atoms with E-state index in [0.29, 0.717) is 5.92 Å². The number of allylic oxidation sites excluding steroid dienone is 2. The third-order valence-corrected chi connectivity index (χ3v) is 7.25. The number of nitrogens with zero attached hydrogens (tertiary/aromatic N) is 2. The zero-order chi connectivity index (χ0) is 26.5. The van der Waals surface area contributed by atoms with Gasteiger partial charge in [-0.3, -0.25) is 4.79 Å². The lowest BCUT2D eigenvalue weighted by molar-refractivity contribution is -0.113. The molecular formula is C35H34N2O. The van der Waals surface area contributed by atoms with Crippen molar-refractivity contribution in [2.45, 2.75) is 19.8 Å². The van der Waals surface area contributed by atoms with E-state index >= 15 is 0 Å². The zero-order valence-corrected chi connectivity index (χ0v) is 22.3. The van der Waals surface area contributed by atoms with Gasteiger partial charge in [0.1, 0.15) is 0 Å². The molecule has 0 saturated heterocycles. The number of hydrogen-bond donors (Lipinski definition) is 0. The SMILES string of the molecule is CC1C/C(=C\c2ccc(N(C)c3ccccc3)cc2)C(=O)/C(=C/c2ccc(N(C)c3ccccc3)cc2)C1. The summed E-state index contributed by atoms with van der Waals surface area (Å²) >= 11 is 0. The second-order valence-electron chi connectivity index (χ2n) is 10.2. The van der Waals surface area contributed by atoms with Gasteiger partial charge in [0.15, 0.2) is 5.78 Å². The van der Waals surface area contributed by atoms with E-state index in [2.05, 4.69) is 116 Å². The molecule has 1 saturated carbocycles. The monoisotopic (exact) mass is 498 g/mol. The summed E-state index contributed by atoms with van der Waals surface area (Å²) in [6.45, 7) is 2.23. The summed E-state index contributed by atoms with van der Waals surface area (Å²) in [6, 6.07) is 37.5. The lowest BCUT2D eigenvalue weighted by atomic mass is 9.81. The van der Waals surface area contributed by atoms with E-state index < -0.39 is 0 Å². The third kappa shape index (κ3) is 5.78. The molecule has 1 fully saturated rings. The Morgan fingerprint density at radius 1 is 0.553 bits per heavy atom. The van der Waals surface area contributed by atoms with Crippen LogP contribution in [0.1, 0.15) is 30.9 Å². The Kier molecular flexibility index (Phi) is 7.55. The summed E-state index contributed by atoms with van der Waals surface area (Å²) in [6.07, 6.45) is 5.75. The van der Waals surface area contributed by atoms with Crippen molar-refractivity contribution >= 4 is 40.7 Å². The van der Waals surface area contributed by atoms with Crippen LogP contribution in [0.2, 0.25) is 0 Å². The number of anilines is 4. The van der Waals surface area contributed by atoms with Crippen LogP contribution < -0.4 is 9.80 Å². The average Bonchev–Trinajstić information content (AvgIpc) is 2.96. The van der Waals surface area contributed by atoms with Crippen molar-refractivity contribution in [2.75, 3.05) is 23.9 Å². The summed E-state index contributed by atoms with van der Waals surface area (Å²) in [5.41, 5.74) is 8.40. The minimum atomic E-state index is 0.166. The van der Waals surface area contributed by atoms with E-state index in [1.165, 1.54) is 0 Å². The highest BCUT2D eigenvalue weighted by Crippen LogP contribution is 2.33. The van der Waals surface area contributed by atoms with Gasteiger partial charge in [0, 0.05) is 48.0 Å². The van der Waals surface area contributed by atoms with Gasteiger partial charge < -0.3 is 9.80 Å². The number of carbonyl (C=O) groups is 1. The van der Waals surface area contributed by atoms with E-state index in [9.17, 15) is 4.79 Å². The van der Waals surface area contributed by atoms with Crippen LogP contribution in [0.25, 0.3) is 12.2 Å². The average molecular weight is 499 g/mol. The molecule has 4 aromatic rings. The molecule has 0 heterocycles. The van der Waals surface area contributed by atoms with Gasteiger partial charge in [-0.15, -0.1) is 0 Å². The molecule has 1 aliphatic carbocycles. The molecule has 190 valence electrons. The summed E-state index contributed by atoms with van der Waals surface area (Å²) in [5, 5.41) is 0. The molecule has 3 heteroatoms. The molecule has 0 atom stereocenters. The Balaban J connectivity index is 1.32. The van der Waals surface area contributed by atoms with Crippen molar-refractivity contribution in [3.05, 3.63) is 131 Å². The number of ketones is 1. The molecule has 0 N–H and O–H groups in total. The highest BCUT2D eigenvalue weighted by molar-refractivity contribution is 6.14. The molecule has 0 radical (unpaired) electrons. The Hall–Kier alpha value is -4.37. The van der Waals surface area contributed by atoms with Crippen molar-refractivity contribution in [3.63, 3.8) is 0 Å². The molecule has 0 bridgehead atoms. The smallest absolute Gasteiger partial charge is 0.185 e. The van der Waals surface area contributed by atoms with Crippen LogP contribution in [0.4, 0.5) is 22.7 Å². The Bertz CT molecular complexity index is 1320. The highest BCUT2D eigenvalue weighted by Gasteiger charge is 2.25. The van der Waals surface area contributed by atoms with Crippen molar-refractivity contribution < 1.29 is 4.79 Å². The number of para-hydroxylation sites is 2. The molecule has 0 amide bonds. The Labute approximate surface area is 226 Å². The van der Waals surface area contributed by atoms with Crippen LogP contribution in [0.5, 0.6) is 0 Å². The molecule has 4 aromatic carbocycles. The van der Waals surface area contributed by atoms with Gasteiger partial charge in [-0.05, 0) is 90.6 Å². The Morgan fingerprint density at radius 2 is 0.895 bits per heavy atom. The molecule has 38 heavy (non-hydrogen) atoms. The van der Waals surface area contributed by atoms with Crippen LogP contribution in [-0.2, 0) is 4.79 Å². The maximum atomic E-state index is 13.4. The maximum absolute atomic E-state index is 13.4. The van der Waals surface area contributed by atoms with Crippen LogP contribution >= 0.6 is 0 Å². The lowest BCUT2D eigenvalue weighted by Crippen LogP contribution is -2.18. The number of rotatable bonds is 6. The van der Waals surface area contributed by atoms with Crippen molar-refractivity contribution in [1.29, 1.82) is 0 Å². The fourth-order valence-electron chi connectivity index (χ4n) is 5.06. The van der Waals surface area contributed by atoms with Crippen LogP contribution in [0.3, 0.4) is 0 Å². The highest BCUT2D eigenvalue weighted by atomic mass is 16.1. The van der Waals surface area contributed by atoms with Crippen LogP contribution in [0, 0.1) is 5.92 Å². The van der Waals surface area contributed by atoms with Gasteiger partial charge in [0.25, 0.3) is 0 Å². The lowest BCUT2D eigenvalue weighted by Gasteiger charge is -2.23. The molecule has 0 aromatic heterocycles. The zero-order valence-electron chi connectivity index (χ0n) is 22.3. The van der Waals surface area contributed by atoms with Crippen LogP contribution in [0.15, 0.2) is 120 Å². The minimum Gasteiger partial charge on any atom is -0.345 e. The van der Waals surface area contributed by atoms with Gasteiger partial charge in [-0.25, -0.2) is 0 Å². The summed E-state index contributed by atoms with van der Waals surface area (Å²) in [5.74, 6) is 0.594. The standard InChI is InChI=1S/C35H34N2O/c1-26-22-29(24-27-14-18-33(19-15-27)36(2)31-10-6-4-7-11-31)35(38)30(23-26)25-28-16-20-34(21-17-28)37(3)32-12-8-5-9-13-32/h4-21,24-26H,22-23H2,1-3H3/b29-24+,30-25+. The van der Waals surface area contributed by atoms with Crippen LogP contribution in [-0.4, -0.2) is 19.9 Å². The second-order valence-corrected chi connectivity index (χ2v) is 10.2. The van der Waals surface area contributed by atoms with Gasteiger partial charge in [0.05, 0.1) is 0 Å². The summed E-state index contributed by atoms with van der Waals surface area (Å²) < 4.78 is 0. The van der Waals surface area contributed by atoms with E-state index in [0.717, 1.165) is 57.9 Å². The van der Waals surface area contributed by atoms with Crippen molar-refractivity contribution in [3.8, 4) is 0 Å². The first-order valence-electron chi connectivity index (χ1n) is 13.2. The molecule has 1 aliphatic rings. The second kappa shape index (κ2) is 11.4. The summed E-state index contributed by atoms with van der Waals surface area (Å²) in [7, 11) is 4.14. The largest absolute Gasteiger partial charge is 0.345 e. The minimum absolute atomic E-state index is 0.166. The molecule has 3 nitrogen and oxygen atoms in total. The van der Waals surface area contributed by atoms with E-state index in [1.807, 2.05) is 36.4 Å². The fourth-order valence-corrected chi connectivity index (χ4v) is 5.06. The van der Waals surface area contributed by atoms with Crippen molar-refractivity contribution in [1.82, 2.24) is 0 Å². The maximum Gasteiger partial charge on any atom is 0.185 e. The molecule has 0 aliphatic heterocycles. The first-order valence-corrected chi connectivity index (χ1v) is 13.2. The van der Waals surface area contributed by atoms with E-state index in [1.54, 1.807) is 0 Å². The molecule has 0 spiro atoms. The molecule has 0 unspecified atom stereocenters. The van der Waals surface area contributed by atoms with E-state index in [-0.39, 0.29) is 5.78 Å². The van der Waals surface area contributed by atoms with Gasteiger partial charge in [-0.2, -0.15) is 0 Å². The summed E-state index contributed by atoms with van der Waals surface area (Å²) in [4.78, 5) is 17.8. The Morgan fingerprint density at radius 3 is 1.26 bits per heavy atom. The number of hydrogen-bond acceptors (Lipinski definition) is 3. The normalized spacial score (nSPS) is 17.6. The number of carbonyl (C=O) groups excluding carboxylic acids is 1. The van der Waals surface area contributed by atoms with Gasteiger partial charge in [-0.1, -0.05) is 67.6 Å². The number of Topliss-reactive ketones (excluding diaryl/α,β-unsaturated/α-hetero) is 1. The first-order chi connectivity index (χ1) is 18.5. The van der Waals surface area contributed by atoms with Gasteiger partial charge in [0.2, 0.25) is 0 Å². The predicted molar refractivity (Wildman–Crippen MR) is 161 cm³/mol. The predicted octanol–water partition coefficient (Wildman–Crippen LogP) is 8.69. The van der Waals surface area contributed by atoms with E-state index in [4.69, 9.17) is 0 Å².